The van der Waals surface area contributed by atoms with Gasteiger partial charge in [0.1, 0.15) is 11.2 Å². The molecular weight excluding hydrogens is 402 g/mol. The van der Waals surface area contributed by atoms with Gasteiger partial charge in [0.25, 0.3) is 0 Å². The van der Waals surface area contributed by atoms with Crippen LogP contribution in [0.15, 0.2) is 54.6 Å². The molecule has 0 bridgehead atoms. The molecule has 2 fully saturated rings. The van der Waals surface area contributed by atoms with E-state index in [-0.39, 0.29) is 35.1 Å². The molecule has 9 heteroatoms. The first kappa shape index (κ1) is 20.7. The van der Waals surface area contributed by atoms with E-state index in [4.69, 9.17) is 4.74 Å². The van der Waals surface area contributed by atoms with Gasteiger partial charge in [0.15, 0.2) is 0 Å². The number of amides is 2. The van der Waals surface area contributed by atoms with E-state index in [9.17, 15) is 9.59 Å². The summed E-state index contributed by atoms with van der Waals surface area (Å²) in [5.41, 5.74) is 7.21. The molecule has 4 rings (SSSR count). The van der Waals surface area contributed by atoms with Gasteiger partial charge in [0.05, 0.1) is 30.1 Å². The van der Waals surface area contributed by atoms with Crippen molar-refractivity contribution in [2.24, 2.45) is 5.92 Å². The Morgan fingerprint density at radius 1 is 1.20 bits per heavy atom. The third-order valence-corrected chi connectivity index (χ3v) is 6.05. The second-order valence-electron chi connectivity index (χ2n) is 6.96. The topological polar surface area (TPSA) is 94.7 Å². The molecule has 0 spiro atoms. The lowest BCUT2D eigenvalue weighted by atomic mass is 10.0. The number of para-hydroxylation sites is 3. The SMILES string of the molecule is CCOc1ccccc1NC(=O)CSC1NC2NNCC2C(=O)N1c1ccccc1. The second kappa shape index (κ2) is 9.48. The van der Waals surface area contributed by atoms with Crippen LogP contribution in [0.4, 0.5) is 11.4 Å². The van der Waals surface area contributed by atoms with Crippen molar-refractivity contribution in [2.75, 3.05) is 29.1 Å². The fourth-order valence-electron chi connectivity index (χ4n) is 3.57. The zero-order chi connectivity index (χ0) is 20.9. The Bertz CT molecular complexity index is 897. The predicted molar refractivity (Wildman–Crippen MR) is 118 cm³/mol. The Morgan fingerprint density at radius 2 is 1.97 bits per heavy atom. The highest BCUT2D eigenvalue weighted by molar-refractivity contribution is 8.00. The van der Waals surface area contributed by atoms with Gasteiger partial charge in [-0.05, 0) is 31.2 Å². The molecule has 0 aromatic heterocycles. The number of carbonyl (C=O) groups is 2. The van der Waals surface area contributed by atoms with Gasteiger partial charge in [-0.3, -0.25) is 25.2 Å². The molecule has 158 valence electrons. The van der Waals surface area contributed by atoms with Crippen LogP contribution < -0.4 is 31.1 Å². The molecule has 0 saturated carbocycles. The van der Waals surface area contributed by atoms with Crippen LogP contribution in [0.3, 0.4) is 0 Å². The maximum absolute atomic E-state index is 13.1. The van der Waals surface area contributed by atoms with Crippen molar-refractivity contribution in [2.45, 2.75) is 18.6 Å². The molecule has 0 aliphatic carbocycles. The fourth-order valence-corrected chi connectivity index (χ4v) is 4.57. The lowest BCUT2D eigenvalue weighted by molar-refractivity contribution is -0.124. The molecule has 0 radical (unpaired) electrons. The Kier molecular flexibility index (Phi) is 6.53. The summed E-state index contributed by atoms with van der Waals surface area (Å²) >= 11 is 1.37. The van der Waals surface area contributed by atoms with E-state index in [0.29, 0.717) is 24.6 Å². The Labute approximate surface area is 179 Å². The largest absolute Gasteiger partial charge is 0.492 e. The lowest BCUT2D eigenvalue weighted by Gasteiger charge is -2.41. The first-order valence-corrected chi connectivity index (χ1v) is 11.0. The van der Waals surface area contributed by atoms with Crippen molar-refractivity contribution in [3.63, 3.8) is 0 Å². The van der Waals surface area contributed by atoms with Crippen molar-refractivity contribution in [3.05, 3.63) is 54.6 Å². The Hall–Kier alpha value is -2.59. The zero-order valence-corrected chi connectivity index (χ0v) is 17.4. The minimum Gasteiger partial charge on any atom is -0.492 e. The average molecular weight is 428 g/mol. The summed E-state index contributed by atoms with van der Waals surface area (Å²) < 4.78 is 5.57. The number of hydrazine groups is 1. The number of carbonyl (C=O) groups excluding carboxylic acids is 2. The molecule has 2 amide bonds. The van der Waals surface area contributed by atoms with E-state index in [2.05, 4.69) is 21.5 Å². The lowest BCUT2D eigenvalue weighted by Crippen LogP contribution is -2.64. The molecule has 8 nitrogen and oxygen atoms in total. The van der Waals surface area contributed by atoms with Gasteiger partial charge >= 0.3 is 0 Å². The number of nitrogens with one attached hydrogen (secondary N) is 4. The number of thioether (sulfide) groups is 1. The minimum absolute atomic E-state index is 0.0297. The molecule has 2 aliphatic heterocycles. The molecule has 3 unspecified atom stereocenters. The zero-order valence-electron chi connectivity index (χ0n) is 16.6. The summed E-state index contributed by atoms with van der Waals surface area (Å²) in [6.07, 6.45) is -0.170. The van der Waals surface area contributed by atoms with E-state index >= 15 is 0 Å². The van der Waals surface area contributed by atoms with Crippen molar-refractivity contribution in [3.8, 4) is 5.75 Å². The maximum Gasteiger partial charge on any atom is 0.236 e. The van der Waals surface area contributed by atoms with E-state index < -0.39 is 0 Å². The first-order valence-electron chi connectivity index (χ1n) is 9.93. The third-order valence-electron chi connectivity index (χ3n) is 4.96. The smallest absolute Gasteiger partial charge is 0.236 e. The first-order chi connectivity index (χ1) is 14.7. The number of benzene rings is 2. The van der Waals surface area contributed by atoms with Crippen LogP contribution in [0.25, 0.3) is 0 Å². The van der Waals surface area contributed by atoms with Crippen molar-refractivity contribution < 1.29 is 14.3 Å². The quantitative estimate of drug-likeness (QED) is 0.535. The third kappa shape index (κ3) is 4.44. The highest BCUT2D eigenvalue weighted by Gasteiger charge is 2.44. The normalized spacial score (nSPS) is 23.2. The van der Waals surface area contributed by atoms with Gasteiger partial charge in [0, 0.05) is 12.2 Å². The fraction of sp³-hybridized carbons (Fsp3) is 0.333. The number of anilines is 2. The van der Waals surface area contributed by atoms with E-state index in [1.807, 2.05) is 61.5 Å². The molecule has 30 heavy (non-hydrogen) atoms. The number of rotatable bonds is 7. The van der Waals surface area contributed by atoms with E-state index in [1.54, 1.807) is 4.90 Å². The second-order valence-corrected chi connectivity index (χ2v) is 8.03. The Balaban J connectivity index is 1.45. The van der Waals surface area contributed by atoms with E-state index in [1.165, 1.54) is 11.8 Å². The maximum atomic E-state index is 13.1. The molecule has 2 aliphatic rings. The standard InChI is InChI=1S/C21H25N5O3S/c1-2-29-17-11-7-6-10-16(17)23-18(27)13-30-21-24-19-15(12-22-25-19)20(28)26(21)14-8-4-3-5-9-14/h3-11,15,19,21-22,24-25H,2,12-13H2,1H3,(H,23,27). The summed E-state index contributed by atoms with van der Waals surface area (Å²) in [5, 5.41) is 6.34. The summed E-state index contributed by atoms with van der Waals surface area (Å²) in [7, 11) is 0. The monoisotopic (exact) mass is 427 g/mol. The molecule has 4 N–H and O–H groups in total. The average Bonchev–Trinajstić information content (AvgIpc) is 3.24. The Morgan fingerprint density at radius 3 is 2.77 bits per heavy atom. The van der Waals surface area contributed by atoms with Crippen molar-refractivity contribution in [1.29, 1.82) is 0 Å². The van der Waals surface area contributed by atoms with Crippen LogP contribution in [-0.4, -0.2) is 42.4 Å². The van der Waals surface area contributed by atoms with Gasteiger partial charge in [0.2, 0.25) is 11.8 Å². The van der Waals surface area contributed by atoms with Gasteiger partial charge in [-0.15, -0.1) is 11.8 Å². The summed E-state index contributed by atoms with van der Waals surface area (Å²) in [5.74, 6) is 0.490. The molecule has 3 atom stereocenters. The predicted octanol–water partition coefficient (Wildman–Crippen LogP) is 1.73. The summed E-state index contributed by atoms with van der Waals surface area (Å²) in [6.45, 7) is 2.98. The van der Waals surface area contributed by atoms with Gasteiger partial charge in [-0.25, -0.2) is 5.43 Å². The number of ether oxygens (including phenoxy) is 1. The highest BCUT2D eigenvalue weighted by atomic mass is 32.2. The molecule has 2 heterocycles. The van der Waals surface area contributed by atoms with Gasteiger partial charge in [-0.1, -0.05) is 30.3 Å². The van der Waals surface area contributed by atoms with Crippen LogP contribution in [0, 0.1) is 5.92 Å². The molecule has 2 saturated heterocycles. The minimum atomic E-state index is -0.374. The van der Waals surface area contributed by atoms with Crippen molar-refractivity contribution >= 4 is 35.0 Å². The molecule has 2 aromatic carbocycles. The molecular formula is C21H25N5O3S. The van der Waals surface area contributed by atoms with Gasteiger partial charge < -0.3 is 10.1 Å². The number of fused-ring (bicyclic) bond motifs is 1. The van der Waals surface area contributed by atoms with Crippen LogP contribution in [0.1, 0.15) is 6.92 Å². The summed E-state index contributed by atoms with van der Waals surface area (Å²) in [6, 6.07) is 16.9. The number of hydrogen-bond acceptors (Lipinski definition) is 7. The molecule has 2 aromatic rings. The van der Waals surface area contributed by atoms with E-state index in [0.717, 1.165) is 5.69 Å². The highest BCUT2D eigenvalue weighted by Crippen LogP contribution is 2.30. The van der Waals surface area contributed by atoms with Crippen LogP contribution in [-0.2, 0) is 9.59 Å². The van der Waals surface area contributed by atoms with Crippen LogP contribution >= 0.6 is 11.8 Å². The number of hydrogen-bond donors (Lipinski definition) is 4. The van der Waals surface area contributed by atoms with Crippen LogP contribution in [0.5, 0.6) is 5.75 Å². The summed E-state index contributed by atoms with van der Waals surface area (Å²) in [4.78, 5) is 27.5. The van der Waals surface area contributed by atoms with Crippen LogP contribution in [0.2, 0.25) is 0 Å². The number of nitrogens with zero attached hydrogens (tertiary/aromatic N) is 1. The van der Waals surface area contributed by atoms with Gasteiger partial charge in [-0.2, -0.15) is 0 Å². The van der Waals surface area contributed by atoms with Crippen molar-refractivity contribution in [1.82, 2.24) is 16.2 Å².